The van der Waals surface area contributed by atoms with Gasteiger partial charge in [-0.15, -0.1) is 0 Å². The van der Waals surface area contributed by atoms with Crippen molar-refractivity contribution in [3.63, 3.8) is 0 Å². The molecule has 4 heteroatoms. The molecule has 0 amide bonds. The molecule has 4 nitrogen and oxygen atoms in total. The molecular weight excluding hydrogens is 292 g/mol. The second-order valence-corrected chi connectivity index (χ2v) is 6.41. The maximum absolute atomic E-state index is 12.3. The number of carbonyl (C=O) groups is 2. The zero-order chi connectivity index (χ0) is 16.4. The van der Waals surface area contributed by atoms with E-state index in [9.17, 15) is 9.59 Å². The first-order valence-electron chi connectivity index (χ1n) is 8.16. The summed E-state index contributed by atoms with van der Waals surface area (Å²) in [6, 6.07) is 8.95. The number of Topliss-reactive ketones (excluding diaryl/α,β-unsaturated/α-hetero) is 1. The van der Waals surface area contributed by atoms with Gasteiger partial charge in [-0.3, -0.25) is 4.79 Å². The van der Waals surface area contributed by atoms with E-state index < -0.39 is 5.60 Å². The summed E-state index contributed by atoms with van der Waals surface area (Å²) in [7, 11) is 0. The Kier molecular flexibility index (Phi) is 4.35. The van der Waals surface area contributed by atoms with Crippen LogP contribution in [0.3, 0.4) is 0 Å². The summed E-state index contributed by atoms with van der Waals surface area (Å²) in [5.41, 5.74) is 0.0331. The van der Waals surface area contributed by atoms with Gasteiger partial charge in [0, 0.05) is 11.8 Å². The zero-order valence-corrected chi connectivity index (χ0v) is 13.5. The normalized spacial score (nSPS) is 32.1. The molecule has 1 aromatic rings. The maximum Gasteiger partial charge on any atom is 0.338 e. The SMILES string of the molecule is C[C@@H]1C(=O)[C@H](C)[C@]2(CCCOC(=O)c3ccccc3)C=C[C@@H]1O2. The summed E-state index contributed by atoms with van der Waals surface area (Å²) in [6.07, 6.45) is 5.28. The van der Waals surface area contributed by atoms with Crippen molar-refractivity contribution in [2.24, 2.45) is 11.8 Å². The average Bonchev–Trinajstić information content (AvgIpc) is 2.99. The predicted octanol–water partition coefficient (Wildman–Crippen LogP) is 3.17. The van der Waals surface area contributed by atoms with E-state index in [0.29, 0.717) is 25.0 Å². The van der Waals surface area contributed by atoms with Gasteiger partial charge in [0.1, 0.15) is 5.78 Å². The molecule has 4 atom stereocenters. The van der Waals surface area contributed by atoms with E-state index in [1.165, 1.54) is 0 Å². The lowest BCUT2D eigenvalue weighted by molar-refractivity contribution is -0.160. The Bertz CT molecular complexity index is 622. The molecule has 1 aromatic carbocycles. The molecule has 1 fully saturated rings. The van der Waals surface area contributed by atoms with Gasteiger partial charge < -0.3 is 9.47 Å². The van der Waals surface area contributed by atoms with E-state index in [0.717, 1.165) is 0 Å². The predicted molar refractivity (Wildman–Crippen MR) is 86.0 cm³/mol. The number of carbonyl (C=O) groups excluding carboxylic acids is 2. The smallest absolute Gasteiger partial charge is 0.338 e. The van der Waals surface area contributed by atoms with E-state index in [4.69, 9.17) is 9.47 Å². The Labute approximate surface area is 136 Å². The number of hydrogen-bond acceptors (Lipinski definition) is 4. The third-order valence-corrected chi connectivity index (χ3v) is 4.98. The van der Waals surface area contributed by atoms with Crippen molar-refractivity contribution in [3.05, 3.63) is 48.0 Å². The zero-order valence-electron chi connectivity index (χ0n) is 13.5. The standard InChI is InChI=1S/C19H22O4/c1-13-16-9-11-19(23-16,14(2)17(13)20)10-6-12-22-18(21)15-7-4-3-5-8-15/h3-5,7-9,11,13-14,16H,6,10,12H2,1-2H3/t13-,14-,16-,19-/m0/s1. The molecule has 0 unspecified atom stereocenters. The number of fused-ring (bicyclic) bond motifs is 2. The molecule has 0 saturated carbocycles. The van der Waals surface area contributed by atoms with E-state index in [1.54, 1.807) is 12.1 Å². The first kappa shape index (κ1) is 15.9. The Morgan fingerprint density at radius 1 is 1.26 bits per heavy atom. The van der Waals surface area contributed by atoms with E-state index in [-0.39, 0.29) is 29.7 Å². The monoisotopic (exact) mass is 314 g/mol. The lowest BCUT2D eigenvalue weighted by Gasteiger charge is -2.40. The molecular formula is C19H22O4. The van der Waals surface area contributed by atoms with Crippen molar-refractivity contribution < 1.29 is 19.1 Å². The number of rotatable bonds is 5. The van der Waals surface area contributed by atoms with Crippen LogP contribution in [-0.4, -0.2) is 30.1 Å². The van der Waals surface area contributed by atoms with Crippen LogP contribution in [-0.2, 0) is 14.3 Å². The first-order chi connectivity index (χ1) is 11.0. The second-order valence-electron chi connectivity index (χ2n) is 6.41. The molecule has 122 valence electrons. The van der Waals surface area contributed by atoms with Gasteiger partial charge in [-0.1, -0.05) is 44.2 Å². The fourth-order valence-electron chi connectivity index (χ4n) is 3.43. The van der Waals surface area contributed by atoms with Gasteiger partial charge in [-0.2, -0.15) is 0 Å². The minimum atomic E-state index is -0.520. The van der Waals surface area contributed by atoms with Gasteiger partial charge in [-0.05, 0) is 25.0 Å². The lowest BCUT2D eigenvalue weighted by atomic mass is 9.77. The van der Waals surface area contributed by atoms with Gasteiger partial charge in [-0.25, -0.2) is 4.79 Å². The number of esters is 1. The molecule has 2 heterocycles. The van der Waals surface area contributed by atoms with Crippen molar-refractivity contribution in [2.45, 2.75) is 38.4 Å². The number of hydrogen-bond donors (Lipinski definition) is 0. The van der Waals surface area contributed by atoms with Crippen LogP contribution in [0, 0.1) is 11.8 Å². The fraction of sp³-hybridized carbons (Fsp3) is 0.474. The van der Waals surface area contributed by atoms with Gasteiger partial charge in [0.2, 0.25) is 0 Å². The van der Waals surface area contributed by atoms with Crippen molar-refractivity contribution in [2.75, 3.05) is 6.61 Å². The second kappa shape index (κ2) is 6.28. The van der Waals surface area contributed by atoms with Crippen LogP contribution in [0.25, 0.3) is 0 Å². The average molecular weight is 314 g/mol. The summed E-state index contributed by atoms with van der Waals surface area (Å²) in [6.45, 7) is 4.18. The van der Waals surface area contributed by atoms with E-state index in [2.05, 4.69) is 0 Å². The molecule has 0 aromatic heterocycles. The van der Waals surface area contributed by atoms with Crippen LogP contribution in [0.1, 0.15) is 37.0 Å². The summed E-state index contributed by atoms with van der Waals surface area (Å²) in [5.74, 6) is -0.289. The topological polar surface area (TPSA) is 52.6 Å². The van der Waals surface area contributed by atoms with Gasteiger partial charge in [0.05, 0.1) is 23.9 Å². The highest BCUT2D eigenvalue weighted by Crippen LogP contribution is 2.43. The highest BCUT2D eigenvalue weighted by Gasteiger charge is 2.51. The summed E-state index contributed by atoms with van der Waals surface area (Å²) < 4.78 is 11.4. The van der Waals surface area contributed by atoms with Crippen LogP contribution in [0.15, 0.2) is 42.5 Å². The van der Waals surface area contributed by atoms with E-state index in [1.807, 2.05) is 44.2 Å². The Morgan fingerprint density at radius 3 is 2.74 bits per heavy atom. The van der Waals surface area contributed by atoms with E-state index >= 15 is 0 Å². The molecule has 0 spiro atoms. The highest BCUT2D eigenvalue weighted by atomic mass is 16.5. The molecule has 23 heavy (non-hydrogen) atoms. The fourth-order valence-corrected chi connectivity index (χ4v) is 3.43. The van der Waals surface area contributed by atoms with Gasteiger partial charge in [0.25, 0.3) is 0 Å². The van der Waals surface area contributed by atoms with Crippen molar-refractivity contribution >= 4 is 11.8 Å². The molecule has 0 N–H and O–H groups in total. The van der Waals surface area contributed by atoms with Crippen LogP contribution < -0.4 is 0 Å². The van der Waals surface area contributed by atoms with Crippen molar-refractivity contribution in [1.82, 2.24) is 0 Å². The first-order valence-corrected chi connectivity index (χ1v) is 8.16. The summed E-state index contributed by atoms with van der Waals surface area (Å²) in [4.78, 5) is 24.2. The van der Waals surface area contributed by atoms with Crippen LogP contribution in [0.4, 0.5) is 0 Å². The quantitative estimate of drug-likeness (QED) is 0.476. The van der Waals surface area contributed by atoms with Crippen LogP contribution in [0.5, 0.6) is 0 Å². The van der Waals surface area contributed by atoms with Crippen LogP contribution >= 0.6 is 0 Å². The molecule has 1 saturated heterocycles. The Morgan fingerprint density at radius 2 is 2.00 bits per heavy atom. The third-order valence-electron chi connectivity index (χ3n) is 4.98. The van der Waals surface area contributed by atoms with Crippen molar-refractivity contribution in [3.8, 4) is 0 Å². The van der Waals surface area contributed by atoms with Crippen molar-refractivity contribution in [1.29, 1.82) is 0 Å². The number of ketones is 1. The molecule has 2 bridgehead atoms. The van der Waals surface area contributed by atoms with Gasteiger partial charge in [0.15, 0.2) is 0 Å². The Balaban J connectivity index is 1.52. The molecule has 3 rings (SSSR count). The largest absolute Gasteiger partial charge is 0.462 e. The summed E-state index contributed by atoms with van der Waals surface area (Å²) >= 11 is 0. The Hall–Kier alpha value is -1.94. The van der Waals surface area contributed by atoms with Crippen LogP contribution in [0.2, 0.25) is 0 Å². The third kappa shape index (κ3) is 2.95. The number of benzene rings is 1. The highest BCUT2D eigenvalue weighted by molar-refractivity contribution is 5.89. The molecule has 0 radical (unpaired) electrons. The molecule has 2 aliphatic heterocycles. The molecule has 2 aliphatic rings. The minimum absolute atomic E-state index is 0.0761. The van der Waals surface area contributed by atoms with Gasteiger partial charge >= 0.3 is 5.97 Å². The lowest BCUT2D eigenvalue weighted by Crippen LogP contribution is -2.50. The number of ether oxygens (including phenoxy) is 2. The summed E-state index contributed by atoms with van der Waals surface area (Å²) in [5, 5.41) is 0. The minimum Gasteiger partial charge on any atom is -0.462 e. The maximum atomic E-state index is 12.3. The molecule has 0 aliphatic carbocycles.